The summed E-state index contributed by atoms with van der Waals surface area (Å²) in [5, 5.41) is 7.64. The van der Waals surface area contributed by atoms with Crippen molar-refractivity contribution >= 4 is 28.3 Å². The molecule has 0 bridgehead atoms. The molecule has 3 aromatic rings. The molecular formula is C20H18N4O4. The van der Waals surface area contributed by atoms with Crippen LogP contribution in [0.4, 0.5) is 5.69 Å². The Bertz CT molecular complexity index is 1150. The molecular weight excluding hydrogens is 360 g/mol. The Morgan fingerprint density at radius 3 is 2.54 bits per heavy atom. The second kappa shape index (κ2) is 6.80. The zero-order chi connectivity index (χ0) is 19.8. The number of benzene rings is 2. The summed E-state index contributed by atoms with van der Waals surface area (Å²) in [6, 6.07) is 13.9. The van der Waals surface area contributed by atoms with E-state index in [-0.39, 0.29) is 23.7 Å². The lowest BCUT2D eigenvalue weighted by Crippen LogP contribution is -2.50. The number of hydrogen-bond acceptors (Lipinski definition) is 5. The van der Waals surface area contributed by atoms with Crippen molar-refractivity contribution in [3.05, 3.63) is 64.6 Å². The Labute approximate surface area is 160 Å². The summed E-state index contributed by atoms with van der Waals surface area (Å²) in [7, 11) is 3.02. The van der Waals surface area contributed by atoms with Crippen LogP contribution in [0.15, 0.2) is 53.3 Å². The minimum Gasteiger partial charge on any atom is -0.477 e. The molecule has 8 heteroatoms. The first-order valence-corrected chi connectivity index (χ1v) is 8.76. The number of nitrogens with one attached hydrogen (secondary N) is 1. The fourth-order valence-corrected chi connectivity index (χ4v) is 3.31. The number of rotatable bonds is 2. The Kier molecular flexibility index (Phi) is 4.31. The number of carbonyl (C=O) groups is 2. The van der Waals surface area contributed by atoms with Gasteiger partial charge in [0.25, 0.3) is 17.4 Å². The Morgan fingerprint density at radius 2 is 1.79 bits per heavy atom. The Morgan fingerprint density at radius 1 is 1.11 bits per heavy atom. The Balaban J connectivity index is 1.86. The number of hydrogen-bond donors (Lipinski definition) is 1. The van der Waals surface area contributed by atoms with Gasteiger partial charge in [0.1, 0.15) is 5.75 Å². The highest BCUT2D eigenvalue weighted by Crippen LogP contribution is 2.34. The maximum Gasteiger partial charge on any atom is 0.279 e. The molecule has 0 unspecified atom stereocenters. The quantitative estimate of drug-likeness (QED) is 0.720. The molecule has 0 radical (unpaired) electrons. The maximum atomic E-state index is 13.5. The molecule has 0 fully saturated rings. The zero-order valence-electron chi connectivity index (χ0n) is 15.4. The van der Waals surface area contributed by atoms with E-state index in [9.17, 15) is 14.4 Å². The second-order valence-corrected chi connectivity index (χ2v) is 6.43. The topological polar surface area (TPSA) is 93.5 Å². The molecule has 142 valence electrons. The highest BCUT2D eigenvalue weighted by Gasteiger charge is 2.35. The minimum absolute atomic E-state index is 0.0361. The van der Waals surface area contributed by atoms with E-state index >= 15 is 0 Å². The second-order valence-electron chi connectivity index (χ2n) is 6.43. The highest BCUT2D eigenvalue weighted by molar-refractivity contribution is 6.13. The van der Waals surface area contributed by atoms with Crippen LogP contribution in [-0.2, 0) is 11.8 Å². The number of fused-ring (bicyclic) bond motifs is 2. The van der Waals surface area contributed by atoms with Gasteiger partial charge in [-0.05, 0) is 18.2 Å². The Hall–Kier alpha value is -3.68. The van der Waals surface area contributed by atoms with Crippen molar-refractivity contribution in [1.29, 1.82) is 0 Å². The lowest BCUT2D eigenvalue weighted by molar-refractivity contribution is -0.127. The van der Waals surface area contributed by atoms with Crippen molar-refractivity contribution in [2.75, 3.05) is 18.5 Å². The first-order chi connectivity index (χ1) is 13.5. The van der Waals surface area contributed by atoms with Crippen molar-refractivity contribution in [2.24, 2.45) is 7.05 Å². The maximum absolute atomic E-state index is 13.5. The van der Waals surface area contributed by atoms with Crippen LogP contribution in [0.1, 0.15) is 10.5 Å². The molecule has 2 heterocycles. The summed E-state index contributed by atoms with van der Waals surface area (Å²) in [6.45, 7) is 0.0361. The molecule has 4 rings (SSSR count). The first-order valence-electron chi connectivity index (χ1n) is 8.76. The summed E-state index contributed by atoms with van der Waals surface area (Å²) < 4.78 is 6.90. The van der Waals surface area contributed by atoms with Gasteiger partial charge in [0.05, 0.1) is 17.6 Å². The third-order valence-electron chi connectivity index (χ3n) is 4.72. The standard InChI is InChI=1S/C20H18N4O4/c1-21-18(25)16-11-24(14-9-5-6-10-15(14)28-16)20(27)17-12-7-3-4-8-13(12)19(26)23(2)22-17/h3-10,16H,11H2,1-2H3,(H,21,25)/t16-/m0/s1. The molecule has 1 atom stereocenters. The highest BCUT2D eigenvalue weighted by atomic mass is 16.5. The number of likely N-dealkylation sites (N-methyl/N-ethyl adjacent to an activating group) is 1. The molecule has 2 aromatic carbocycles. The lowest BCUT2D eigenvalue weighted by Gasteiger charge is -2.33. The third kappa shape index (κ3) is 2.79. The predicted molar refractivity (Wildman–Crippen MR) is 104 cm³/mol. The van der Waals surface area contributed by atoms with Crippen LogP contribution >= 0.6 is 0 Å². The van der Waals surface area contributed by atoms with Crippen molar-refractivity contribution in [1.82, 2.24) is 15.1 Å². The van der Waals surface area contributed by atoms with Crippen LogP contribution in [0.3, 0.4) is 0 Å². The average Bonchev–Trinajstić information content (AvgIpc) is 2.74. The van der Waals surface area contributed by atoms with E-state index in [1.54, 1.807) is 48.5 Å². The van der Waals surface area contributed by atoms with Crippen LogP contribution in [-0.4, -0.2) is 41.3 Å². The fourth-order valence-electron chi connectivity index (χ4n) is 3.31. The van der Waals surface area contributed by atoms with Crippen molar-refractivity contribution in [3.8, 4) is 5.75 Å². The van der Waals surface area contributed by atoms with Gasteiger partial charge in [-0.2, -0.15) is 5.10 Å². The predicted octanol–water partition coefficient (Wildman–Crippen LogP) is 1.09. The number of carbonyl (C=O) groups excluding carboxylic acids is 2. The fraction of sp³-hybridized carbons (Fsp3) is 0.200. The van der Waals surface area contributed by atoms with E-state index in [2.05, 4.69) is 10.4 Å². The summed E-state index contributed by atoms with van der Waals surface area (Å²) in [5.41, 5.74) is 0.412. The molecule has 0 saturated heterocycles. The van der Waals surface area contributed by atoms with Gasteiger partial charge in [0, 0.05) is 19.5 Å². The monoisotopic (exact) mass is 378 g/mol. The molecule has 8 nitrogen and oxygen atoms in total. The molecule has 1 N–H and O–H groups in total. The molecule has 1 aliphatic rings. The van der Waals surface area contributed by atoms with E-state index in [0.29, 0.717) is 22.2 Å². The summed E-state index contributed by atoms with van der Waals surface area (Å²) in [4.78, 5) is 39.4. The smallest absolute Gasteiger partial charge is 0.279 e. The normalized spacial score (nSPS) is 15.6. The van der Waals surface area contributed by atoms with Gasteiger partial charge < -0.3 is 10.1 Å². The minimum atomic E-state index is -0.845. The van der Waals surface area contributed by atoms with Gasteiger partial charge in [-0.25, -0.2) is 4.68 Å². The number of para-hydroxylation sites is 2. The van der Waals surface area contributed by atoms with Crippen LogP contribution in [0, 0.1) is 0 Å². The van der Waals surface area contributed by atoms with Crippen molar-refractivity contribution < 1.29 is 14.3 Å². The van der Waals surface area contributed by atoms with Crippen LogP contribution in [0.25, 0.3) is 10.8 Å². The third-order valence-corrected chi connectivity index (χ3v) is 4.72. The molecule has 0 saturated carbocycles. The number of nitrogens with zero attached hydrogens (tertiary/aromatic N) is 3. The van der Waals surface area contributed by atoms with Crippen molar-refractivity contribution in [2.45, 2.75) is 6.10 Å². The van der Waals surface area contributed by atoms with Crippen molar-refractivity contribution in [3.63, 3.8) is 0 Å². The summed E-state index contributed by atoms with van der Waals surface area (Å²) in [6.07, 6.45) is -0.845. The summed E-state index contributed by atoms with van der Waals surface area (Å²) >= 11 is 0. The average molecular weight is 378 g/mol. The molecule has 1 aromatic heterocycles. The first kappa shape index (κ1) is 17.7. The molecule has 0 aliphatic carbocycles. The van der Waals surface area contributed by atoms with Gasteiger partial charge >= 0.3 is 0 Å². The van der Waals surface area contributed by atoms with Gasteiger partial charge in [0.2, 0.25) is 0 Å². The SMILES string of the molecule is CNC(=O)[C@@H]1CN(C(=O)c2nn(C)c(=O)c3ccccc23)c2ccccc2O1. The van der Waals surface area contributed by atoms with E-state index in [1.165, 1.54) is 19.0 Å². The number of ether oxygens (including phenoxy) is 1. The van der Waals surface area contributed by atoms with E-state index in [0.717, 1.165) is 4.68 Å². The van der Waals surface area contributed by atoms with Gasteiger partial charge in [-0.3, -0.25) is 19.3 Å². The van der Waals surface area contributed by atoms with E-state index in [4.69, 9.17) is 4.74 Å². The summed E-state index contributed by atoms with van der Waals surface area (Å²) in [5.74, 6) is -0.299. The van der Waals surface area contributed by atoms with Crippen LogP contribution in [0.2, 0.25) is 0 Å². The molecule has 2 amide bonds. The van der Waals surface area contributed by atoms with Crippen LogP contribution in [0.5, 0.6) is 5.75 Å². The number of amides is 2. The zero-order valence-corrected chi connectivity index (χ0v) is 15.4. The number of aryl methyl sites for hydroxylation is 1. The van der Waals surface area contributed by atoms with Gasteiger partial charge in [-0.15, -0.1) is 0 Å². The van der Waals surface area contributed by atoms with Crippen LogP contribution < -0.4 is 20.5 Å². The van der Waals surface area contributed by atoms with Gasteiger partial charge in [-0.1, -0.05) is 30.3 Å². The molecule has 0 spiro atoms. The van der Waals surface area contributed by atoms with Gasteiger partial charge in [0.15, 0.2) is 11.8 Å². The van der Waals surface area contributed by atoms with E-state index < -0.39 is 12.0 Å². The lowest BCUT2D eigenvalue weighted by atomic mass is 10.1. The van der Waals surface area contributed by atoms with E-state index in [1.807, 2.05) is 0 Å². The molecule has 28 heavy (non-hydrogen) atoms. The molecule has 1 aliphatic heterocycles. The number of anilines is 1. The largest absolute Gasteiger partial charge is 0.477 e. The number of aromatic nitrogens is 2.